The minimum Gasteiger partial charge on any atom is -0.487 e. The van der Waals surface area contributed by atoms with Crippen LogP contribution in [0.4, 0.5) is 5.69 Å². The number of anilines is 1. The van der Waals surface area contributed by atoms with Gasteiger partial charge in [0.2, 0.25) is 0 Å². The van der Waals surface area contributed by atoms with E-state index in [4.69, 9.17) is 9.15 Å². The highest BCUT2D eigenvalue weighted by Gasteiger charge is 2.09. The van der Waals surface area contributed by atoms with E-state index in [-0.39, 0.29) is 11.7 Å². The van der Waals surface area contributed by atoms with E-state index < -0.39 is 0 Å². The summed E-state index contributed by atoms with van der Waals surface area (Å²) in [5.74, 6) is 0.604. The zero-order chi connectivity index (χ0) is 17.1. The normalized spacial score (nSPS) is 10.7. The summed E-state index contributed by atoms with van der Waals surface area (Å²) in [7, 11) is 0. The van der Waals surface area contributed by atoms with Crippen molar-refractivity contribution < 1.29 is 13.9 Å². The summed E-state index contributed by atoms with van der Waals surface area (Å²) >= 11 is 0. The first-order valence-corrected chi connectivity index (χ1v) is 7.78. The van der Waals surface area contributed by atoms with Gasteiger partial charge in [0, 0.05) is 24.1 Å². The first-order valence-electron chi connectivity index (χ1n) is 7.78. The molecular weight excluding hydrogens is 318 g/mol. The Labute approximate surface area is 143 Å². The Morgan fingerprint density at radius 3 is 2.96 bits per heavy atom. The number of ether oxygens (including phenoxy) is 1. The third kappa shape index (κ3) is 3.37. The molecule has 0 atom stereocenters. The lowest BCUT2D eigenvalue weighted by Crippen LogP contribution is -2.10. The van der Waals surface area contributed by atoms with Gasteiger partial charge in [-0.05, 0) is 36.4 Å². The van der Waals surface area contributed by atoms with Gasteiger partial charge in [0.05, 0.1) is 12.0 Å². The van der Waals surface area contributed by atoms with Crippen molar-refractivity contribution in [2.24, 2.45) is 0 Å². The number of pyridine rings is 1. The van der Waals surface area contributed by atoms with Crippen LogP contribution in [0.2, 0.25) is 0 Å². The quantitative estimate of drug-likeness (QED) is 0.604. The Bertz CT molecular complexity index is 973. The van der Waals surface area contributed by atoms with E-state index in [1.165, 1.54) is 6.26 Å². The molecule has 0 spiro atoms. The fourth-order valence-corrected chi connectivity index (χ4v) is 2.48. The smallest absolute Gasteiger partial charge is 0.291 e. The van der Waals surface area contributed by atoms with Crippen LogP contribution in [0.5, 0.6) is 5.75 Å². The molecule has 0 aliphatic carbocycles. The summed E-state index contributed by atoms with van der Waals surface area (Å²) < 4.78 is 12.8. The lowest BCUT2D eigenvalue weighted by molar-refractivity contribution is 0.0996. The Morgan fingerprint density at radius 2 is 2.12 bits per heavy atom. The predicted molar refractivity (Wildman–Crippen MR) is 92.6 cm³/mol. The average molecular weight is 333 g/mol. The number of aromatic nitrogens is 2. The van der Waals surface area contributed by atoms with Gasteiger partial charge in [-0.2, -0.15) is 0 Å². The van der Waals surface area contributed by atoms with Crippen LogP contribution in [-0.4, -0.2) is 15.3 Å². The third-order valence-electron chi connectivity index (χ3n) is 3.64. The molecule has 0 radical (unpaired) electrons. The second-order valence-corrected chi connectivity index (χ2v) is 5.45. The standard InChI is InChI=1S/C19H15N3O3/c23-19(17-7-4-10-24-17)21-14-5-3-6-16(11-14)25-13-15-12-22-9-2-1-8-18(22)20-15/h1-12H,13H2,(H,21,23). The molecular formula is C19H15N3O3. The van der Waals surface area contributed by atoms with Crippen LogP contribution in [0.1, 0.15) is 16.2 Å². The highest BCUT2D eigenvalue weighted by Crippen LogP contribution is 2.19. The molecule has 0 fully saturated rings. The highest BCUT2D eigenvalue weighted by atomic mass is 16.5. The van der Waals surface area contributed by atoms with Gasteiger partial charge < -0.3 is 18.9 Å². The minimum absolute atomic E-state index is 0.260. The largest absolute Gasteiger partial charge is 0.487 e. The summed E-state index contributed by atoms with van der Waals surface area (Å²) in [6.45, 7) is 0.345. The number of benzene rings is 1. The number of hydrogen-bond donors (Lipinski definition) is 1. The summed E-state index contributed by atoms with van der Waals surface area (Å²) in [5, 5.41) is 2.77. The van der Waals surface area contributed by atoms with Crippen molar-refractivity contribution in [3.8, 4) is 5.75 Å². The summed E-state index contributed by atoms with van der Waals surface area (Å²) in [6, 6.07) is 16.3. The van der Waals surface area contributed by atoms with Gasteiger partial charge in [0.15, 0.2) is 5.76 Å². The van der Waals surface area contributed by atoms with Crippen molar-refractivity contribution in [1.29, 1.82) is 0 Å². The van der Waals surface area contributed by atoms with Gasteiger partial charge >= 0.3 is 0 Å². The molecule has 124 valence electrons. The molecule has 4 rings (SSSR count). The van der Waals surface area contributed by atoms with Crippen LogP contribution in [0.3, 0.4) is 0 Å². The van der Waals surface area contributed by atoms with Gasteiger partial charge in [-0.3, -0.25) is 4.79 Å². The van der Waals surface area contributed by atoms with Crippen molar-refractivity contribution in [2.45, 2.75) is 6.61 Å². The van der Waals surface area contributed by atoms with Gasteiger partial charge in [-0.15, -0.1) is 0 Å². The molecule has 25 heavy (non-hydrogen) atoms. The Morgan fingerprint density at radius 1 is 1.16 bits per heavy atom. The summed E-state index contributed by atoms with van der Waals surface area (Å²) in [6.07, 6.45) is 5.33. The van der Waals surface area contributed by atoms with E-state index in [1.54, 1.807) is 24.3 Å². The number of amides is 1. The SMILES string of the molecule is O=C(Nc1cccc(OCc2cn3ccccc3n2)c1)c1ccco1. The Balaban J connectivity index is 1.43. The zero-order valence-electron chi connectivity index (χ0n) is 13.3. The van der Waals surface area contributed by atoms with Crippen LogP contribution in [-0.2, 0) is 6.61 Å². The third-order valence-corrected chi connectivity index (χ3v) is 3.64. The number of hydrogen-bond acceptors (Lipinski definition) is 4. The lowest BCUT2D eigenvalue weighted by Gasteiger charge is -2.07. The molecule has 3 heterocycles. The highest BCUT2D eigenvalue weighted by molar-refractivity contribution is 6.02. The Kier molecular flexibility index (Phi) is 3.92. The van der Waals surface area contributed by atoms with Gasteiger partial charge in [0.25, 0.3) is 5.91 Å². The Hall–Kier alpha value is -3.54. The van der Waals surface area contributed by atoms with Crippen LogP contribution >= 0.6 is 0 Å². The molecule has 0 saturated heterocycles. The van der Waals surface area contributed by atoms with Gasteiger partial charge in [0.1, 0.15) is 18.0 Å². The number of fused-ring (bicyclic) bond motifs is 1. The number of imidazole rings is 1. The van der Waals surface area contributed by atoms with E-state index in [0.717, 1.165) is 11.3 Å². The van der Waals surface area contributed by atoms with Crippen LogP contribution in [0, 0.1) is 0 Å². The number of carbonyl (C=O) groups is 1. The summed E-state index contributed by atoms with van der Waals surface area (Å²) in [5.41, 5.74) is 2.34. The van der Waals surface area contributed by atoms with Crippen molar-refractivity contribution in [1.82, 2.24) is 9.38 Å². The van der Waals surface area contributed by atoms with E-state index in [9.17, 15) is 4.79 Å². The number of rotatable bonds is 5. The second-order valence-electron chi connectivity index (χ2n) is 5.45. The molecule has 4 aromatic rings. The number of nitrogens with one attached hydrogen (secondary N) is 1. The van der Waals surface area contributed by atoms with E-state index in [1.807, 2.05) is 47.1 Å². The maximum atomic E-state index is 12.0. The van der Waals surface area contributed by atoms with Crippen molar-refractivity contribution in [3.05, 3.63) is 84.7 Å². The fourth-order valence-electron chi connectivity index (χ4n) is 2.48. The molecule has 1 aromatic carbocycles. The maximum Gasteiger partial charge on any atom is 0.291 e. The molecule has 0 aliphatic heterocycles. The van der Waals surface area contributed by atoms with Gasteiger partial charge in [-0.25, -0.2) is 4.98 Å². The first kappa shape index (κ1) is 15.0. The molecule has 0 saturated carbocycles. The van der Waals surface area contributed by atoms with E-state index in [0.29, 0.717) is 18.0 Å². The minimum atomic E-state index is -0.303. The second kappa shape index (κ2) is 6.52. The molecule has 6 heteroatoms. The topological polar surface area (TPSA) is 68.8 Å². The lowest BCUT2D eigenvalue weighted by atomic mass is 10.3. The molecule has 0 aliphatic rings. The number of furan rings is 1. The number of nitrogens with zero attached hydrogens (tertiary/aromatic N) is 2. The number of carbonyl (C=O) groups excluding carboxylic acids is 1. The molecule has 3 aromatic heterocycles. The van der Waals surface area contributed by atoms with Crippen molar-refractivity contribution >= 4 is 17.2 Å². The van der Waals surface area contributed by atoms with Gasteiger partial charge in [-0.1, -0.05) is 12.1 Å². The van der Waals surface area contributed by atoms with Crippen LogP contribution < -0.4 is 10.1 Å². The predicted octanol–water partition coefficient (Wildman–Crippen LogP) is 3.76. The fraction of sp³-hybridized carbons (Fsp3) is 0.0526. The van der Waals surface area contributed by atoms with Crippen LogP contribution in [0.25, 0.3) is 5.65 Å². The molecule has 0 bridgehead atoms. The van der Waals surface area contributed by atoms with Crippen molar-refractivity contribution in [3.63, 3.8) is 0 Å². The monoisotopic (exact) mass is 333 g/mol. The van der Waals surface area contributed by atoms with E-state index >= 15 is 0 Å². The molecule has 1 N–H and O–H groups in total. The van der Waals surface area contributed by atoms with E-state index in [2.05, 4.69) is 10.3 Å². The maximum absolute atomic E-state index is 12.0. The first-order chi connectivity index (χ1) is 12.3. The van der Waals surface area contributed by atoms with Crippen LogP contribution in [0.15, 0.2) is 77.7 Å². The zero-order valence-corrected chi connectivity index (χ0v) is 13.3. The summed E-state index contributed by atoms with van der Waals surface area (Å²) in [4.78, 5) is 16.5. The molecule has 1 amide bonds. The molecule has 0 unspecified atom stereocenters. The molecule has 6 nitrogen and oxygen atoms in total. The van der Waals surface area contributed by atoms with Crippen molar-refractivity contribution in [2.75, 3.05) is 5.32 Å². The average Bonchev–Trinajstić information content (AvgIpc) is 3.29.